The molecular formula is C20H24. The minimum atomic E-state index is 0.759. The van der Waals surface area contributed by atoms with E-state index in [-0.39, 0.29) is 0 Å². The Morgan fingerprint density at radius 1 is 0.950 bits per heavy atom. The lowest BCUT2D eigenvalue weighted by Gasteiger charge is -2.12. The van der Waals surface area contributed by atoms with Crippen molar-refractivity contribution < 1.29 is 0 Å². The summed E-state index contributed by atoms with van der Waals surface area (Å²) in [6, 6.07) is 13.7. The highest BCUT2D eigenvalue weighted by atomic mass is 14.3. The van der Waals surface area contributed by atoms with Crippen LogP contribution in [0.5, 0.6) is 0 Å². The first-order valence-corrected chi connectivity index (χ1v) is 7.82. The van der Waals surface area contributed by atoms with Crippen molar-refractivity contribution in [3.63, 3.8) is 0 Å². The summed E-state index contributed by atoms with van der Waals surface area (Å²) in [5.41, 5.74) is 9.12. The zero-order chi connectivity index (χ0) is 14.1. The molecule has 0 spiro atoms. The number of aryl methyl sites for hydroxylation is 3. The van der Waals surface area contributed by atoms with Crippen LogP contribution < -0.4 is 0 Å². The van der Waals surface area contributed by atoms with Gasteiger partial charge in [0.05, 0.1) is 0 Å². The lowest BCUT2D eigenvalue weighted by molar-refractivity contribution is 0.747. The van der Waals surface area contributed by atoms with Gasteiger partial charge in [-0.25, -0.2) is 0 Å². The lowest BCUT2D eigenvalue weighted by atomic mass is 9.93. The minimum Gasteiger partial charge on any atom is -0.0591 e. The fourth-order valence-electron chi connectivity index (χ4n) is 3.44. The Kier molecular flexibility index (Phi) is 3.65. The average molecular weight is 264 g/mol. The highest BCUT2D eigenvalue weighted by Gasteiger charge is 2.20. The quantitative estimate of drug-likeness (QED) is 0.720. The molecule has 0 aromatic heterocycles. The molecule has 0 amide bonds. The lowest BCUT2D eigenvalue weighted by Crippen LogP contribution is -1.99. The molecule has 0 N–H and O–H groups in total. The molecule has 20 heavy (non-hydrogen) atoms. The molecule has 0 aliphatic heterocycles. The molecule has 1 aliphatic carbocycles. The van der Waals surface area contributed by atoms with Gasteiger partial charge in [-0.3, -0.25) is 0 Å². The number of rotatable bonds is 3. The van der Waals surface area contributed by atoms with Gasteiger partial charge in [-0.2, -0.15) is 0 Å². The summed E-state index contributed by atoms with van der Waals surface area (Å²) in [5, 5.41) is 0. The second-order valence-corrected chi connectivity index (χ2v) is 6.34. The van der Waals surface area contributed by atoms with Crippen LogP contribution in [0.1, 0.15) is 52.6 Å². The molecule has 0 bridgehead atoms. The summed E-state index contributed by atoms with van der Waals surface area (Å²) >= 11 is 0. The Morgan fingerprint density at radius 2 is 1.70 bits per heavy atom. The third-order valence-electron chi connectivity index (χ3n) is 4.91. The molecular weight excluding hydrogens is 240 g/mol. The standard InChI is InChI=1S/C20H24/c1-14-4-7-17(8-5-14)9-10-18-11-13-19-15(2)6-12-20(19)16(18)3/h4-5,7-8,11,13,15H,6,9-10,12H2,1-3H3. The molecule has 0 radical (unpaired) electrons. The molecule has 2 aromatic rings. The summed E-state index contributed by atoms with van der Waals surface area (Å²) in [5.74, 6) is 0.759. The van der Waals surface area contributed by atoms with E-state index < -0.39 is 0 Å². The summed E-state index contributed by atoms with van der Waals surface area (Å²) in [6.45, 7) is 6.83. The molecule has 0 saturated heterocycles. The third-order valence-corrected chi connectivity index (χ3v) is 4.91. The van der Waals surface area contributed by atoms with Crippen LogP contribution in [0, 0.1) is 13.8 Å². The minimum absolute atomic E-state index is 0.759. The normalized spacial score (nSPS) is 17.2. The molecule has 0 fully saturated rings. The molecule has 2 aromatic carbocycles. The highest BCUT2D eigenvalue weighted by molar-refractivity contribution is 5.45. The third kappa shape index (κ3) is 2.52. The van der Waals surface area contributed by atoms with Gasteiger partial charge in [0.25, 0.3) is 0 Å². The number of hydrogen-bond donors (Lipinski definition) is 0. The average Bonchev–Trinajstić information content (AvgIpc) is 2.82. The van der Waals surface area contributed by atoms with Gasteiger partial charge < -0.3 is 0 Å². The van der Waals surface area contributed by atoms with Crippen LogP contribution in [0.2, 0.25) is 0 Å². The summed E-state index contributed by atoms with van der Waals surface area (Å²) in [7, 11) is 0. The van der Waals surface area contributed by atoms with Crippen molar-refractivity contribution in [2.45, 2.75) is 52.4 Å². The zero-order valence-corrected chi connectivity index (χ0v) is 12.9. The Labute approximate surface area is 122 Å². The first kappa shape index (κ1) is 13.4. The first-order valence-electron chi connectivity index (χ1n) is 7.82. The largest absolute Gasteiger partial charge is 0.0591 e. The molecule has 0 saturated carbocycles. The van der Waals surface area contributed by atoms with Crippen LogP contribution in [-0.2, 0) is 19.3 Å². The van der Waals surface area contributed by atoms with Gasteiger partial charge in [0.1, 0.15) is 0 Å². The van der Waals surface area contributed by atoms with E-state index >= 15 is 0 Å². The second kappa shape index (κ2) is 5.44. The van der Waals surface area contributed by atoms with Crippen LogP contribution in [0.25, 0.3) is 0 Å². The van der Waals surface area contributed by atoms with Gasteiger partial charge >= 0.3 is 0 Å². The van der Waals surface area contributed by atoms with Crippen molar-refractivity contribution in [3.05, 3.63) is 69.8 Å². The molecule has 0 heterocycles. The predicted octanol–water partition coefficient (Wildman–Crippen LogP) is 5.14. The van der Waals surface area contributed by atoms with Gasteiger partial charge in [-0.05, 0) is 73.3 Å². The molecule has 104 valence electrons. The predicted molar refractivity (Wildman–Crippen MR) is 86.5 cm³/mol. The van der Waals surface area contributed by atoms with E-state index in [9.17, 15) is 0 Å². The van der Waals surface area contributed by atoms with Crippen LogP contribution in [0.3, 0.4) is 0 Å². The van der Waals surface area contributed by atoms with E-state index in [2.05, 4.69) is 57.2 Å². The SMILES string of the molecule is Cc1ccc(CCc2ccc3c(c2C)CCC3C)cc1. The van der Waals surface area contributed by atoms with Crippen molar-refractivity contribution in [2.75, 3.05) is 0 Å². The Bertz CT molecular complexity index is 605. The first-order chi connectivity index (χ1) is 9.65. The highest BCUT2D eigenvalue weighted by Crippen LogP contribution is 2.35. The Balaban J connectivity index is 1.77. The maximum atomic E-state index is 2.38. The van der Waals surface area contributed by atoms with Crippen molar-refractivity contribution in [1.29, 1.82) is 0 Å². The molecule has 0 heteroatoms. The second-order valence-electron chi connectivity index (χ2n) is 6.34. The summed E-state index contributed by atoms with van der Waals surface area (Å²) in [6.07, 6.45) is 4.92. The van der Waals surface area contributed by atoms with Crippen molar-refractivity contribution >= 4 is 0 Å². The molecule has 1 atom stereocenters. The van der Waals surface area contributed by atoms with E-state index in [1.165, 1.54) is 24.0 Å². The number of benzene rings is 2. The maximum Gasteiger partial charge on any atom is -0.0184 e. The molecule has 3 rings (SSSR count). The van der Waals surface area contributed by atoms with E-state index in [1.807, 2.05) is 0 Å². The topological polar surface area (TPSA) is 0 Å². The smallest absolute Gasteiger partial charge is 0.0184 e. The maximum absolute atomic E-state index is 2.38. The Morgan fingerprint density at radius 3 is 2.45 bits per heavy atom. The zero-order valence-electron chi connectivity index (χ0n) is 12.9. The van der Waals surface area contributed by atoms with E-state index in [1.54, 1.807) is 22.3 Å². The van der Waals surface area contributed by atoms with Crippen LogP contribution >= 0.6 is 0 Å². The molecule has 1 aliphatic rings. The summed E-state index contributed by atoms with van der Waals surface area (Å²) in [4.78, 5) is 0. The number of hydrogen-bond acceptors (Lipinski definition) is 0. The van der Waals surface area contributed by atoms with E-state index in [0.29, 0.717) is 0 Å². The monoisotopic (exact) mass is 264 g/mol. The summed E-state index contributed by atoms with van der Waals surface area (Å²) < 4.78 is 0. The van der Waals surface area contributed by atoms with E-state index in [0.717, 1.165) is 18.8 Å². The molecule has 1 unspecified atom stereocenters. The fourth-order valence-corrected chi connectivity index (χ4v) is 3.44. The van der Waals surface area contributed by atoms with Crippen LogP contribution in [0.4, 0.5) is 0 Å². The van der Waals surface area contributed by atoms with Crippen molar-refractivity contribution in [2.24, 2.45) is 0 Å². The molecule has 0 nitrogen and oxygen atoms in total. The fraction of sp³-hybridized carbons (Fsp3) is 0.400. The van der Waals surface area contributed by atoms with Gasteiger partial charge in [-0.15, -0.1) is 0 Å². The number of fused-ring (bicyclic) bond motifs is 1. The van der Waals surface area contributed by atoms with Crippen LogP contribution in [0.15, 0.2) is 36.4 Å². The van der Waals surface area contributed by atoms with Gasteiger partial charge in [0, 0.05) is 0 Å². The van der Waals surface area contributed by atoms with Crippen molar-refractivity contribution in [1.82, 2.24) is 0 Å². The van der Waals surface area contributed by atoms with Crippen molar-refractivity contribution in [3.8, 4) is 0 Å². The van der Waals surface area contributed by atoms with Gasteiger partial charge in [0.15, 0.2) is 0 Å². The van der Waals surface area contributed by atoms with Crippen LogP contribution in [-0.4, -0.2) is 0 Å². The van der Waals surface area contributed by atoms with Gasteiger partial charge in [0.2, 0.25) is 0 Å². The van der Waals surface area contributed by atoms with Gasteiger partial charge in [-0.1, -0.05) is 48.9 Å². The Hall–Kier alpha value is -1.56. The van der Waals surface area contributed by atoms with E-state index in [4.69, 9.17) is 0 Å².